The van der Waals surface area contributed by atoms with E-state index in [0.29, 0.717) is 11.4 Å². The molecule has 0 atom stereocenters. The van der Waals surface area contributed by atoms with Crippen molar-refractivity contribution in [1.82, 2.24) is 4.98 Å². The van der Waals surface area contributed by atoms with E-state index in [1.54, 1.807) is 7.11 Å². The van der Waals surface area contributed by atoms with E-state index in [1.807, 2.05) is 61.7 Å². The number of methoxy groups -OCH3 is 1. The fraction of sp³-hybridized carbons (Fsp3) is 0.238. The van der Waals surface area contributed by atoms with Gasteiger partial charge >= 0.3 is 5.97 Å². The van der Waals surface area contributed by atoms with Gasteiger partial charge in [-0.1, -0.05) is 6.07 Å². The molecule has 1 heterocycles. The second-order valence-electron chi connectivity index (χ2n) is 6.15. The van der Waals surface area contributed by atoms with Crippen molar-refractivity contribution in [3.63, 3.8) is 0 Å². The molecule has 27 heavy (non-hydrogen) atoms. The number of ether oxygens (including phenoxy) is 3. The fourth-order valence-corrected chi connectivity index (χ4v) is 3.40. The summed E-state index contributed by atoms with van der Waals surface area (Å²) in [7, 11) is 1.63. The van der Waals surface area contributed by atoms with Gasteiger partial charge in [0, 0.05) is 10.9 Å². The first-order valence-electron chi connectivity index (χ1n) is 8.49. The van der Waals surface area contributed by atoms with E-state index >= 15 is 0 Å². The Morgan fingerprint density at radius 1 is 1.04 bits per heavy atom. The summed E-state index contributed by atoms with van der Waals surface area (Å²) in [4.78, 5) is 16.4. The highest BCUT2D eigenvalue weighted by molar-refractivity contribution is 7.13. The van der Waals surface area contributed by atoms with E-state index in [4.69, 9.17) is 14.2 Å². The van der Waals surface area contributed by atoms with Gasteiger partial charge in [-0.05, 0) is 61.4 Å². The van der Waals surface area contributed by atoms with Crippen LogP contribution in [-0.2, 0) is 16.1 Å². The highest BCUT2D eigenvalue weighted by Crippen LogP contribution is 2.26. The number of benzene rings is 2. The monoisotopic (exact) mass is 383 g/mol. The van der Waals surface area contributed by atoms with Crippen molar-refractivity contribution >= 4 is 17.3 Å². The molecular formula is C21H21NO4S. The maximum Gasteiger partial charge on any atom is 0.344 e. The Bertz CT molecular complexity index is 898. The molecule has 5 nitrogen and oxygen atoms in total. The van der Waals surface area contributed by atoms with Crippen LogP contribution in [0.5, 0.6) is 11.5 Å². The molecule has 3 aromatic rings. The Labute approximate surface area is 162 Å². The van der Waals surface area contributed by atoms with Gasteiger partial charge in [0.05, 0.1) is 12.8 Å². The van der Waals surface area contributed by atoms with Crippen LogP contribution in [0, 0.1) is 13.8 Å². The zero-order valence-corrected chi connectivity index (χ0v) is 16.3. The average Bonchev–Trinajstić information content (AvgIpc) is 3.13. The van der Waals surface area contributed by atoms with Gasteiger partial charge in [0.15, 0.2) is 6.61 Å². The quantitative estimate of drug-likeness (QED) is 0.560. The van der Waals surface area contributed by atoms with Crippen LogP contribution in [0.4, 0.5) is 0 Å². The topological polar surface area (TPSA) is 57.7 Å². The standard InChI is InChI=1S/C21H21NO4S/c1-14-8-15(2)10-19(9-14)25-12-20(23)26-11-17-13-27-21(22-17)16-4-6-18(24-3)7-5-16/h4-10,13H,11-12H2,1-3H3. The minimum Gasteiger partial charge on any atom is -0.497 e. The normalized spacial score (nSPS) is 10.5. The average molecular weight is 383 g/mol. The molecule has 3 rings (SSSR count). The van der Waals surface area contributed by atoms with Crippen LogP contribution in [-0.4, -0.2) is 24.7 Å². The largest absolute Gasteiger partial charge is 0.497 e. The summed E-state index contributed by atoms with van der Waals surface area (Å²) >= 11 is 1.51. The molecule has 0 amide bonds. The molecular weight excluding hydrogens is 362 g/mol. The van der Waals surface area contributed by atoms with Crippen LogP contribution in [0.2, 0.25) is 0 Å². The van der Waals surface area contributed by atoms with Gasteiger partial charge in [0.2, 0.25) is 0 Å². The molecule has 0 spiro atoms. The molecule has 0 N–H and O–H groups in total. The van der Waals surface area contributed by atoms with E-state index < -0.39 is 5.97 Å². The number of hydrogen-bond acceptors (Lipinski definition) is 6. The van der Waals surface area contributed by atoms with Crippen molar-refractivity contribution in [3.8, 4) is 22.1 Å². The molecule has 1 aromatic heterocycles. The van der Waals surface area contributed by atoms with Crippen molar-refractivity contribution in [1.29, 1.82) is 0 Å². The molecule has 140 valence electrons. The summed E-state index contributed by atoms with van der Waals surface area (Å²) in [6, 6.07) is 13.5. The van der Waals surface area contributed by atoms with Crippen molar-refractivity contribution in [2.45, 2.75) is 20.5 Å². The fourth-order valence-electron chi connectivity index (χ4n) is 2.59. The molecule has 0 fully saturated rings. The Balaban J connectivity index is 1.51. The summed E-state index contributed by atoms with van der Waals surface area (Å²) in [5, 5.41) is 2.76. The molecule has 2 aromatic carbocycles. The number of esters is 1. The Hall–Kier alpha value is -2.86. The summed E-state index contributed by atoms with van der Waals surface area (Å²) < 4.78 is 15.9. The smallest absolute Gasteiger partial charge is 0.344 e. The Morgan fingerprint density at radius 3 is 2.41 bits per heavy atom. The third-order valence-corrected chi connectivity index (χ3v) is 4.76. The Kier molecular flexibility index (Phi) is 6.08. The Morgan fingerprint density at radius 2 is 1.74 bits per heavy atom. The molecule has 0 aliphatic carbocycles. The molecule has 0 radical (unpaired) electrons. The summed E-state index contributed by atoms with van der Waals surface area (Å²) in [6.07, 6.45) is 0. The van der Waals surface area contributed by atoms with Gasteiger partial charge in [0.1, 0.15) is 23.1 Å². The van der Waals surface area contributed by atoms with Gasteiger partial charge in [0.25, 0.3) is 0 Å². The van der Waals surface area contributed by atoms with E-state index in [2.05, 4.69) is 4.98 Å². The van der Waals surface area contributed by atoms with Crippen molar-refractivity contribution < 1.29 is 19.0 Å². The first-order chi connectivity index (χ1) is 13.0. The summed E-state index contributed by atoms with van der Waals surface area (Å²) in [5.41, 5.74) is 3.89. The van der Waals surface area contributed by atoms with Crippen LogP contribution >= 0.6 is 11.3 Å². The SMILES string of the molecule is COc1ccc(-c2nc(COC(=O)COc3cc(C)cc(C)c3)cs2)cc1. The molecule has 0 aliphatic rings. The number of aryl methyl sites for hydroxylation is 2. The van der Waals surface area contributed by atoms with Crippen LogP contribution in [0.1, 0.15) is 16.8 Å². The maximum absolute atomic E-state index is 11.9. The van der Waals surface area contributed by atoms with Crippen molar-refractivity contribution in [2.75, 3.05) is 13.7 Å². The number of carbonyl (C=O) groups is 1. The summed E-state index contributed by atoms with van der Waals surface area (Å²) in [6.45, 7) is 3.97. The highest BCUT2D eigenvalue weighted by Gasteiger charge is 2.09. The molecule has 0 aliphatic heterocycles. The number of thiazole rings is 1. The van der Waals surface area contributed by atoms with Gasteiger partial charge < -0.3 is 14.2 Å². The van der Waals surface area contributed by atoms with Crippen LogP contribution < -0.4 is 9.47 Å². The third kappa shape index (κ3) is 5.31. The van der Waals surface area contributed by atoms with Crippen LogP contribution in [0.25, 0.3) is 10.6 Å². The third-order valence-electron chi connectivity index (χ3n) is 3.82. The predicted molar refractivity (Wildman–Crippen MR) is 105 cm³/mol. The molecule has 0 bridgehead atoms. The number of hydrogen-bond donors (Lipinski definition) is 0. The molecule has 0 unspecified atom stereocenters. The lowest BCUT2D eigenvalue weighted by Gasteiger charge is -2.08. The van der Waals surface area contributed by atoms with Gasteiger partial charge in [-0.15, -0.1) is 11.3 Å². The van der Waals surface area contributed by atoms with Gasteiger partial charge in [-0.25, -0.2) is 9.78 Å². The first kappa shape index (κ1) is 18.9. The zero-order chi connectivity index (χ0) is 19.2. The lowest BCUT2D eigenvalue weighted by molar-refractivity contribution is -0.147. The molecule has 0 saturated carbocycles. The van der Waals surface area contributed by atoms with E-state index in [9.17, 15) is 4.79 Å². The minimum absolute atomic E-state index is 0.127. The number of nitrogens with zero attached hydrogens (tertiary/aromatic N) is 1. The number of aromatic nitrogens is 1. The van der Waals surface area contributed by atoms with E-state index in [1.165, 1.54) is 11.3 Å². The highest BCUT2D eigenvalue weighted by atomic mass is 32.1. The maximum atomic E-state index is 11.9. The lowest BCUT2D eigenvalue weighted by atomic mass is 10.1. The zero-order valence-electron chi connectivity index (χ0n) is 15.5. The van der Waals surface area contributed by atoms with Crippen LogP contribution in [0.3, 0.4) is 0 Å². The number of rotatable bonds is 7. The first-order valence-corrected chi connectivity index (χ1v) is 9.37. The van der Waals surface area contributed by atoms with Crippen LogP contribution in [0.15, 0.2) is 47.8 Å². The van der Waals surface area contributed by atoms with E-state index in [0.717, 1.165) is 27.4 Å². The molecule has 6 heteroatoms. The second kappa shape index (κ2) is 8.68. The van der Waals surface area contributed by atoms with Crippen molar-refractivity contribution in [3.05, 3.63) is 64.7 Å². The minimum atomic E-state index is -0.423. The number of carbonyl (C=O) groups excluding carboxylic acids is 1. The van der Waals surface area contributed by atoms with Gasteiger partial charge in [-0.3, -0.25) is 0 Å². The summed E-state index contributed by atoms with van der Waals surface area (Å²) in [5.74, 6) is 1.04. The van der Waals surface area contributed by atoms with E-state index in [-0.39, 0.29) is 13.2 Å². The predicted octanol–water partition coefficient (Wildman–Crippen LogP) is 4.56. The van der Waals surface area contributed by atoms with Crippen molar-refractivity contribution in [2.24, 2.45) is 0 Å². The lowest BCUT2D eigenvalue weighted by Crippen LogP contribution is -2.15. The molecule has 0 saturated heterocycles. The van der Waals surface area contributed by atoms with Gasteiger partial charge in [-0.2, -0.15) is 0 Å². The second-order valence-corrected chi connectivity index (χ2v) is 7.00.